The Kier molecular flexibility index (Phi) is 5.45. The average molecular weight is 361 g/mol. The van der Waals surface area contributed by atoms with Crippen LogP contribution >= 0.6 is 11.6 Å². The van der Waals surface area contributed by atoms with Crippen LogP contribution in [0.1, 0.15) is 11.4 Å². The highest BCUT2D eigenvalue weighted by atomic mass is 35.5. The van der Waals surface area contributed by atoms with Crippen molar-refractivity contribution in [2.24, 2.45) is 4.99 Å². The Hall–Kier alpha value is -2.67. The normalized spacial score (nSPS) is 11.7. The van der Waals surface area contributed by atoms with Gasteiger partial charge in [-0.25, -0.2) is 4.39 Å². The first-order valence-corrected chi connectivity index (χ1v) is 8.22. The molecule has 3 aromatic rings. The van der Waals surface area contributed by atoms with Crippen molar-refractivity contribution in [3.8, 4) is 0 Å². The van der Waals surface area contributed by atoms with Gasteiger partial charge in [-0.05, 0) is 36.2 Å². The molecule has 0 saturated carbocycles. The number of aromatic nitrogens is 3. The molecule has 1 aromatic carbocycles. The van der Waals surface area contributed by atoms with Gasteiger partial charge in [0.15, 0.2) is 17.4 Å². The number of nitrogens with zero attached hydrogens (tertiary/aromatic N) is 4. The molecule has 0 radical (unpaired) electrons. The van der Waals surface area contributed by atoms with E-state index < -0.39 is 0 Å². The quantitative estimate of drug-likeness (QED) is 0.541. The van der Waals surface area contributed by atoms with Gasteiger partial charge in [0.05, 0.1) is 6.54 Å². The lowest BCUT2D eigenvalue weighted by Crippen LogP contribution is -2.38. The van der Waals surface area contributed by atoms with Crippen LogP contribution in [-0.4, -0.2) is 34.2 Å². The van der Waals surface area contributed by atoms with Gasteiger partial charge in [-0.2, -0.15) is 0 Å². The number of benzene rings is 1. The summed E-state index contributed by atoms with van der Waals surface area (Å²) in [4.78, 5) is 4.18. The van der Waals surface area contributed by atoms with Gasteiger partial charge >= 0.3 is 0 Å². The number of hydrogen-bond donors (Lipinski definition) is 2. The number of rotatable bonds is 5. The van der Waals surface area contributed by atoms with Crippen LogP contribution < -0.4 is 10.6 Å². The molecule has 6 nitrogen and oxygen atoms in total. The van der Waals surface area contributed by atoms with E-state index in [1.54, 1.807) is 13.1 Å². The van der Waals surface area contributed by atoms with E-state index in [0.29, 0.717) is 30.5 Å². The van der Waals surface area contributed by atoms with Gasteiger partial charge in [0, 0.05) is 24.8 Å². The molecule has 0 aliphatic carbocycles. The van der Waals surface area contributed by atoms with Crippen molar-refractivity contribution in [3.63, 3.8) is 0 Å². The molecule has 2 N–H and O–H groups in total. The average Bonchev–Trinajstić information content (AvgIpc) is 3.03. The molecule has 0 saturated heterocycles. The van der Waals surface area contributed by atoms with Crippen molar-refractivity contribution in [2.45, 2.75) is 13.0 Å². The molecule has 0 spiro atoms. The first-order valence-electron chi connectivity index (χ1n) is 7.84. The van der Waals surface area contributed by atoms with E-state index in [-0.39, 0.29) is 5.82 Å². The highest BCUT2D eigenvalue weighted by molar-refractivity contribution is 6.31. The SMILES string of the molecule is CN=C(NCCc1ccc(F)cc1Cl)NCc1nnc2ccccn12. The van der Waals surface area contributed by atoms with Crippen molar-refractivity contribution in [2.75, 3.05) is 13.6 Å². The molecular formula is C17H18ClFN6. The minimum absolute atomic E-state index is 0.334. The van der Waals surface area contributed by atoms with Crippen LogP contribution in [0.5, 0.6) is 0 Å². The van der Waals surface area contributed by atoms with Gasteiger partial charge in [-0.3, -0.25) is 9.39 Å². The molecule has 0 atom stereocenters. The van der Waals surface area contributed by atoms with Crippen LogP contribution in [0.15, 0.2) is 47.6 Å². The first kappa shape index (κ1) is 17.2. The van der Waals surface area contributed by atoms with Crippen LogP contribution in [0.2, 0.25) is 5.02 Å². The van der Waals surface area contributed by atoms with Crippen molar-refractivity contribution in [1.29, 1.82) is 0 Å². The minimum Gasteiger partial charge on any atom is -0.356 e. The maximum atomic E-state index is 13.1. The number of fused-ring (bicyclic) bond motifs is 1. The molecule has 0 unspecified atom stereocenters. The molecule has 0 amide bonds. The molecule has 2 aromatic heterocycles. The third kappa shape index (κ3) is 4.24. The molecule has 0 fully saturated rings. The summed E-state index contributed by atoms with van der Waals surface area (Å²) in [5, 5.41) is 15.1. The number of aliphatic imine (C=N–C) groups is 1. The maximum absolute atomic E-state index is 13.1. The lowest BCUT2D eigenvalue weighted by molar-refractivity contribution is 0.627. The second-order valence-electron chi connectivity index (χ2n) is 5.38. The summed E-state index contributed by atoms with van der Waals surface area (Å²) in [5.41, 5.74) is 1.68. The summed E-state index contributed by atoms with van der Waals surface area (Å²) in [5.74, 6) is 1.10. The summed E-state index contributed by atoms with van der Waals surface area (Å²) in [6.07, 6.45) is 2.58. The van der Waals surface area contributed by atoms with Gasteiger partial charge < -0.3 is 10.6 Å². The summed E-state index contributed by atoms with van der Waals surface area (Å²) in [6, 6.07) is 10.2. The number of pyridine rings is 1. The van der Waals surface area contributed by atoms with E-state index in [9.17, 15) is 4.39 Å². The second-order valence-corrected chi connectivity index (χ2v) is 5.79. The molecular weight excluding hydrogens is 343 g/mol. The Morgan fingerprint density at radius 1 is 1.24 bits per heavy atom. The fraction of sp³-hybridized carbons (Fsp3) is 0.235. The van der Waals surface area contributed by atoms with E-state index in [0.717, 1.165) is 17.0 Å². The number of hydrogen-bond acceptors (Lipinski definition) is 3. The second kappa shape index (κ2) is 7.94. The molecule has 3 rings (SSSR count). The molecule has 2 heterocycles. The highest BCUT2D eigenvalue weighted by Gasteiger charge is 2.06. The smallest absolute Gasteiger partial charge is 0.191 e. The summed E-state index contributed by atoms with van der Waals surface area (Å²) in [6.45, 7) is 1.10. The third-order valence-corrected chi connectivity index (χ3v) is 4.08. The summed E-state index contributed by atoms with van der Waals surface area (Å²) in [7, 11) is 1.70. The molecule has 0 bridgehead atoms. The van der Waals surface area contributed by atoms with E-state index in [1.807, 2.05) is 28.8 Å². The Morgan fingerprint density at radius 3 is 2.92 bits per heavy atom. The molecule has 130 valence electrons. The minimum atomic E-state index is -0.334. The van der Waals surface area contributed by atoms with Crippen molar-refractivity contribution in [3.05, 3.63) is 64.8 Å². The zero-order valence-corrected chi connectivity index (χ0v) is 14.5. The Labute approximate surface area is 149 Å². The molecule has 8 heteroatoms. The van der Waals surface area contributed by atoms with E-state index >= 15 is 0 Å². The highest BCUT2D eigenvalue weighted by Crippen LogP contribution is 2.17. The number of nitrogens with one attached hydrogen (secondary N) is 2. The van der Waals surface area contributed by atoms with Gasteiger partial charge in [0.2, 0.25) is 0 Å². The Bertz CT molecular complexity index is 892. The van der Waals surface area contributed by atoms with Crippen LogP contribution in [0.4, 0.5) is 4.39 Å². The Balaban J connectivity index is 1.53. The molecule has 25 heavy (non-hydrogen) atoms. The van der Waals surface area contributed by atoms with Crippen molar-refractivity contribution >= 4 is 23.2 Å². The van der Waals surface area contributed by atoms with Gasteiger partial charge in [0.1, 0.15) is 5.82 Å². The molecule has 0 aliphatic heterocycles. The Morgan fingerprint density at radius 2 is 2.12 bits per heavy atom. The largest absolute Gasteiger partial charge is 0.356 e. The van der Waals surface area contributed by atoms with Crippen molar-refractivity contribution in [1.82, 2.24) is 25.2 Å². The summed E-state index contributed by atoms with van der Waals surface area (Å²) >= 11 is 6.03. The predicted molar refractivity (Wildman–Crippen MR) is 96.3 cm³/mol. The number of guanidine groups is 1. The lowest BCUT2D eigenvalue weighted by Gasteiger charge is -2.11. The van der Waals surface area contributed by atoms with Crippen LogP contribution in [0.25, 0.3) is 5.65 Å². The van der Waals surface area contributed by atoms with Crippen molar-refractivity contribution < 1.29 is 4.39 Å². The van der Waals surface area contributed by atoms with E-state index in [2.05, 4.69) is 25.8 Å². The zero-order chi connectivity index (χ0) is 17.6. The fourth-order valence-electron chi connectivity index (χ4n) is 2.43. The van der Waals surface area contributed by atoms with Gasteiger partial charge in [-0.15, -0.1) is 10.2 Å². The number of halogens is 2. The van der Waals surface area contributed by atoms with Crippen LogP contribution in [0, 0.1) is 5.82 Å². The van der Waals surface area contributed by atoms with E-state index in [4.69, 9.17) is 11.6 Å². The molecule has 0 aliphatic rings. The third-order valence-electron chi connectivity index (χ3n) is 3.72. The standard InChI is InChI=1S/C17H18ClFN6/c1-20-17(21-8-7-12-5-6-13(19)10-14(12)18)22-11-16-24-23-15-4-2-3-9-25(15)16/h2-6,9-10H,7-8,11H2,1H3,(H2,20,21,22). The lowest BCUT2D eigenvalue weighted by atomic mass is 10.1. The van der Waals surface area contributed by atoms with E-state index in [1.165, 1.54) is 12.1 Å². The first-order chi connectivity index (χ1) is 12.2. The van der Waals surface area contributed by atoms with Crippen LogP contribution in [-0.2, 0) is 13.0 Å². The predicted octanol–water partition coefficient (Wildman–Crippen LogP) is 2.43. The zero-order valence-electron chi connectivity index (χ0n) is 13.7. The topological polar surface area (TPSA) is 66.6 Å². The fourth-order valence-corrected chi connectivity index (χ4v) is 2.70. The monoisotopic (exact) mass is 360 g/mol. The maximum Gasteiger partial charge on any atom is 0.191 e. The van der Waals surface area contributed by atoms with Gasteiger partial charge in [-0.1, -0.05) is 23.7 Å². The van der Waals surface area contributed by atoms with Crippen LogP contribution in [0.3, 0.4) is 0 Å². The summed E-state index contributed by atoms with van der Waals surface area (Å²) < 4.78 is 15.0. The van der Waals surface area contributed by atoms with Gasteiger partial charge in [0.25, 0.3) is 0 Å².